The zero-order valence-electron chi connectivity index (χ0n) is 15.4. The number of alkyl halides is 1. The number of aliphatic hydroxyl groups excluding tert-OH is 2. The third-order valence-electron chi connectivity index (χ3n) is 5.75. The molecule has 0 aromatic carbocycles. The summed E-state index contributed by atoms with van der Waals surface area (Å²) < 4.78 is 21.7. The molecule has 0 aliphatic carbocycles. The molecule has 0 radical (unpaired) electrons. The van der Waals surface area contributed by atoms with Crippen LogP contribution in [0.1, 0.15) is 33.9 Å². The number of H-pyrrole nitrogens is 1. The Bertz CT molecular complexity index is 752. The third kappa shape index (κ3) is 3.25. The highest BCUT2D eigenvalue weighted by molar-refractivity contribution is 6.81. The molecule has 1 aliphatic rings. The molecule has 7 nitrogen and oxygen atoms in total. The van der Waals surface area contributed by atoms with Gasteiger partial charge in [0.1, 0.15) is 12.2 Å². The van der Waals surface area contributed by atoms with Crippen molar-refractivity contribution in [2.75, 3.05) is 0 Å². The fraction of sp³-hybridized carbons (Fsp3) is 0.750. The van der Waals surface area contributed by atoms with Crippen molar-refractivity contribution in [1.29, 1.82) is 0 Å². The first-order valence-corrected chi connectivity index (χ1v) is 11.3. The van der Waals surface area contributed by atoms with E-state index < -0.39 is 49.2 Å². The minimum absolute atomic E-state index is 0.213. The average Bonchev–Trinajstić information content (AvgIpc) is 2.68. The molecule has 1 aliphatic heterocycles. The van der Waals surface area contributed by atoms with Crippen LogP contribution in [0.15, 0.2) is 21.9 Å². The van der Waals surface area contributed by atoms with Crippen molar-refractivity contribution in [2.24, 2.45) is 0 Å². The first kappa shape index (κ1) is 20.0. The van der Waals surface area contributed by atoms with Gasteiger partial charge in [-0.25, -0.2) is 9.18 Å². The predicted molar refractivity (Wildman–Crippen MR) is 94.0 cm³/mol. The van der Waals surface area contributed by atoms with Gasteiger partial charge in [0.2, 0.25) is 0 Å². The Morgan fingerprint density at radius 3 is 2.44 bits per heavy atom. The van der Waals surface area contributed by atoms with Gasteiger partial charge in [-0.15, -0.1) is 0 Å². The number of rotatable bonds is 3. The second-order valence-corrected chi connectivity index (χ2v) is 14.0. The van der Waals surface area contributed by atoms with E-state index in [2.05, 4.69) is 0 Å². The van der Waals surface area contributed by atoms with Crippen molar-refractivity contribution in [3.8, 4) is 0 Å². The minimum atomic E-state index is -2.37. The van der Waals surface area contributed by atoms with Gasteiger partial charge in [0.15, 0.2) is 11.9 Å². The largest absolute Gasteiger partial charge is 0.394 e. The molecule has 25 heavy (non-hydrogen) atoms. The number of ether oxygens (including phenoxy) is 1. The van der Waals surface area contributed by atoms with Gasteiger partial charge in [-0.3, -0.25) is 14.3 Å². The highest BCUT2D eigenvalue weighted by atomic mass is 28.3. The molecule has 9 heteroatoms. The molecule has 0 amide bonds. The number of nitrogens with one attached hydrogen (secondary N) is 1. The van der Waals surface area contributed by atoms with Crippen molar-refractivity contribution in [1.82, 2.24) is 9.55 Å². The van der Waals surface area contributed by atoms with Crippen LogP contribution < -0.4 is 11.2 Å². The lowest BCUT2D eigenvalue weighted by Crippen LogP contribution is -2.58. The van der Waals surface area contributed by atoms with Gasteiger partial charge in [-0.05, 0) is 12.0 Å². The summed E-state index contributed by atoms with van der Waals surface area (Å²) in [5.74, 6) is 0. The number of halogens is 1. The number of aromatic nitrogens is 2. The maximum Gasteiger partial charge on any atom is 0.330 e. The number of aromatic amines is 1. The average molecular weight is 374 g/mol. The number of hydrogen-bond donors (Lipinski definition) is 3. The lowest BCUT2D eigenvalue weighted by Gasteiger charge is -2.43. The van der Waals surface area contributed by atoms with E-state index in [1.54, 1.807) is 0 Å². The summed E-state index contributed by atoms with van der Waals surface area (Å²) in [6, 6.07) is 1.07. The standard InChI is InChI=1S/C16H27FN2O5Si/c1-15(2,3)25(5,6)12(22)10-11(21)16(4,17)13(24-10)19-8-7-9(20)18-14(19)23/h7-8,10-13,21-22H,1-6H3,(H,18,20,23)/t10-,11+,12?,13+,16+/m0/s1. The van der Waals surface area contributed by atoms with Crippen LogP contribution in [-0.4, -0.2) is 51.4 Å². The summed E-state index contributed by atoms with van der Waals surface area (Å²) in [5.41, 5.74) is -4.80. The predicted octanol–water partition coefficient (Wildman–Crippen LogP) is 0.932. The van der Waals surface area contributed by atoms with Gasteiger partial charge < -0.3 is 14.9 Å². The molecule has 1 saturated heterocycles. The Morgan fingerprint density at radius 1 is 1.40 bits per heavy atom. The van der Waals surface area contributed by atoms with Gasteiger partial charge in [0.25, 0.3) is 5.56 Å². The highest BCUT2D eigenvalue weighted by Gasteiger charge is 2.60. The van der Waals surface area contributed by atoms with Crippen LogP contribution in [0.25, 0.3) is 0 Å². The van der Waals surface area contributed by atoms with E-state index >= 15 is 4.39 Å². The van der Waals surface area contributed by atoms with Crippen molar-refractivity contribution in [2.45, 2.75) is 75.7 Å². The Hall–Kier alpha value is -1.29. The van der Waals surface area contributed by atoms with Gasteiger partial charge in [-0.2, -0.15) is 0 Å². The van der Waals surface area contributed by atoms with Crippen molar-refractivity contribution in [3.63, 3.8) is 0 Å². The molecule has 1 aromatic rings. The molecular formula is C16H27FN2O5Si. The zero-order valence-corrected chi connectivity index (χ0v) is 16.4. The summed E-state index contributed by atoms with van der Waals surface area (Å²) >= 11 is 0. The van der Waals surface area contributed by atoms with Crippen LogP contribution in [0.2, 0.25) is 18.1 Å². The molecule has 2 rings (SSSR count). The summed E-state index contributed by atoms with van der Waals surface area (Å²) in [6.07, 6.45) is -3.10. The normalized spacial score (nSPS) is 32.0. The van der Waals surface area contributed by atoms with E-state index in [9.17, 15) is 19.8 Å². The smallest absolute Gasteiger partial charge is 0.330 e. The topological polar surface area (TPSA) is 105 Å². The fourth-order valence-electron chi connectivity index (χ4n) is 2.87. The van der Waals surface area contributed by atoms with Crippen LogP contribution >= 0.6 is 0 Å². The van der Waals surface area contributed by atoms with E-state index in [-0.39, 0.29) is 5.04 Å². The van der Waals surface area contributed by atoms with E-state index in [4.69, 9.17) is 4.74 Å². The maximum atomic E-state index is 15.2. The molecule has 1 fully saturated rings. The Morgan fingerprint density at radius 2 is 1.96 bits per heavy atom. The quantitative estimate of drug-likeness (QED) is 0.683. The highest BCUT2D eigenvalue weighted by Crippen LogP contribution is 2.46. The van der Waals surface area contributed by atoms with E-state index in [1.807, 2.05) is 38.8 Å². The molecular weight excluding hydrogens is 347 g/mol. The minimum Gasteiger partial charge on any atom is -0.394 e. The molecule has 3 N–H and O–H groups in total. The molecule has 2 heterocycles. The van der Waals surface area contributed by atoms with Crippen molar-refractivity contribution in [3.05, 3.63) is 33.1 Å². The summed E-state index contributed by atoms with van der Waals surface area (Å²) in [5, 5.41) is 21.1. The Labute approximate surface area is 146 Å². The lowest BCUT2D eigenvalue weighted by molar-refractivity contribution is -0.0717. The number of aliphatic hydroxyl groups is 2. The summed E-state index contributed by atoms with van der Waals surface area (Å²) in [7, 11) is -2.37. The van der Waals surface area contributed by atoms with Gasteiger partial charge >= 0.3 is 5.69 Å². The second-order valence-electron chi connectivity index (χ2n) is 8.48. The van der Waals surface area contributed by atoms with Crippen LogP contribution in [0, 0.1) is 0 Å². The maximum absolute atomic E-state index is 15.2. The van der Waals surface area contributed by atoms with Crippen LogP contribution in [-0.2, 0) is 4.74 Å². The van der Waals surface area contributed by atoms with E-state index in [1.165, 1.54) is 0 Å². The molecule has 1 unspecified atom stereocenters. The van der Waals surface area contributed by atoms with Crippen LogP contribution in [0.4, 0.5) is 4.39 Å². The van der Waals surface area contributed by atoms with Crippen molar-refractivity contribution < 1.29 is 19.3 Å². The van der Waals surface area contributed by atoms with Gasteiger partial charge in [-0.1, -0.05) is 33.9 Å². The van der Waals surface area contributed by atoms with Crippen molar-refractivity contribution >= 4 is 8.07 Å². The first-order chi connectivity index (χ1) is 11.2. The monoisotopic (exact) mass is 374 g/mol. The molecule has 1 aromatic heterocycles. The molecule has 0 spiro atoms. The number of hydrogen-bond acceptors (Lipinski definition) is 5. The van der Waals surface area contributed by atoms with Gasteiger partial charge in [0, 0.05) is 12.3 Å². The summed E-state index contributed by atoms with van der Waals surface area (Å²) in [6.45, 7) is 11.0. The SMILES string of the molecule is CC(C)(C)[Si](C)(C)C(O)[C@H]1O[C@@H](n2ccc(=O)[nH]c2=O)[C@](C)(F)[C@@H]1O. The van der Waals surface area contributed by atoms with E-state index in [0.29, 0.717) is 0 Å². The second kappa shape index (κ2) is 6.15. The van der Waals surface area contributed by atoms with Gasteiger partial charge in [0.05, 0.1) is 13.8 Å². The molecule has 0 saturated carbocycles. The molecule has 5 atom stereocenters. The Kier molecular flexibility index (Phi) is 4.93. The summed E-state index contributed by atoms with van der Waals surface area (Å²) in [4.78, 5) is 25.2. The zero-order chi connectivity index (χ0) is 19.4. The first-order valence-electron chi connectivity index (χ1n) is 8.23. The molecule has 142 valence electrons. The van der Waals surface area contributed by atoms with Crippen LogP contribution in [0.5, 0.6) is 0 Å². The number of nitrogens with zero attached hydrogens (tertiary/aromatic N) is 1. The van der Waals surface area contributed by atoms with E-state index in [0.717, 1.165) is 23.8 Å². The molecule has 0 bridgehead atoms. The van der Waals surface area contributed by atoms with Crippen LogP contribution in [0.3, 0.4) is 0 Å². The third-order valence-corrected chi connectivity index (χ3v) is 11.4. The Balaban J connectivity index is 2.43. The fourth-order valence-corrected chi connectivity index (χ4v) is 4.84. The lowest BCUT2D eigenvalue weighted by atomic mass is 9.98.